The van der Waals surface area contributed by atoms with Crippen LogP contribution in [-0.2, 0) is 24.3 Å². The average Bonchev–Trinajstić information content (AvgIpc) is 3.57. The average molecular weight is 455 g/mol. The number of esters is 1. The minimum Gasteiger partial charge on any atom is -0.481 e. The molecular weight excluding hydrogens is 428 g/mol. The smallest absolute Gasteiger partial charge is 0.343 e. The van der Waals surface area contributed by atoms with E-state index in [0.717, 1.165) is 34.1 Å². The SMILES string of the molecule is NCc1cccc(-c2cc(C(=O)Oc3ccccc3CC(=O)O)cc3c2ccn3CC2CC2)c1. The molecule has 1 heterocycles. The van der Waals surface area contributed by atoms with Gasteiger partial charge in [-0.1, -0.05) is 36.4 Å². The highest BCUT2D eigenvalue weighted by Gasteiger charge is 2.23. The van der Waals surface area contributed by atoms with Crippen molar-refractivity contribution in [2.75, 3.05) is 0 Å². The highest BCUT2D eigenvalue weighted by Crippen LogP contribution is 2.36. The lowest BCUT2D eigenvalue weighted by molar-refractivity contribution is -0.136. The molecule has 0 amide bonds. The molecule has 1 aliphatic rings. The number of carbonyl (C=O) groups excluding carboxylic acids is 1. The van der Waals surface area contributed by atoms with Crippen molar-refractivity contribution in [3.63, 3.8) is 0 Å². The zero-order valence-corrected chi connectivity index (χ0v) is 18.7. The molecule has 0 atom stereocenters. The molecule has 0 spiro atoms. The summed E-state index contributed by atoms with van der Waals surface area (Å²) in [4.78, 5) is 24.5. The second kappa shape index (κ2) is 9.15. The van der Waals surface area contributed by atoms with Gasteiger partial charge in [-0.2, -0.15) is 0 Å². The van der Waals surface area contributed by atoms with E-state index in [2.05, 4.69) is 16.8 Å². The van der Waals surface area contributed by atoms with Crippen molar-refractivity contribution in [3.05, 3.63) is 89.6 Å². The maximum atomic E-state index is 13.3. The Hall–Kier alpha value is -3.90. The lowest BCUT2D eigenvalue weighted by atomic mass is 9.97. The highest BCUT2D eigenvalue weighted by atomic mass is 16.5. The largest absolute Gasteiger partial charge is 0.481 e. The van der Waals surface area contributed by atoms with Crippen LogP contribution < -0.4 is 10.5 Å². The summed E-state index contributed by atoms with van der Waals surface area (Å²) in [6.07, 6.45) is 4.32. The third-order valence-corrected chi connectivity index (χ3v) is 6.27. The Morgan fingerprint density at radius 2 is 1.85 bits per heavy atom. The molecule has 0 unspecified atom stereocenters. The molecule has 0 radical (unpaired) electrons. The molecule has 1 fully saturated rings. The molecule has 1 aromatic heterocycles. The number of carboxylic acid groups (broad SMARTS) is 1. The van der Waals surface area contributed by atoms with Gasteiger partial charge in [0.1, 0.15) is 5.75 Å². The van der Waals surface area contributed by atoms with E-state index in [4.69, 9.17) is 10.5 Å². The molecule has 0 bridgehead atoms. The Morgan fingerprint density at radius 1 is 1.03 bits per heavy atom. The first-order chi connectivity index (χ1) is 16.5. The number of aliphatic carboxylic acids is 1. The number of hydrogen-bond acceptors (Lipinski definition) is 4. The summed E-state index contributed by atoms with van der Waals surface area (Å²) in [6, 6.07) is 20.6. The number of nitrogens with zero attached hydrogens (tertiary/aromatic N) is 1. The number of ether oxygens (including phenoxy) is 1. The van der Waals surface area contributed by atoms with Crippen molar-refractivity contribution >= 4 is 22.8 Å². The van der Waals surface area contributed by atoms with E-state index in [1.807, 2.05) is 36.4 Å². The predicted octanol–water partition coefficient (Wildman–Crippen LogP) is 5.02. The summed E-state index contributed by atoms with van der Waals surface area (Å²) in [6.45, 7) is 1.35. The highest BCUT2D eigenvalue weighted by molar-refractivity contribution is 6.03. The number of carbonyl (C=O) groups is 2. The first kappa shape index (κ1) is 21.9. The Morgan fingerprint density at radius 3 is 2.62 bits per heavy atom. The lowest BCUT2D eigenvalue weighted by Gasteiger charge is -2.13. The van der Waals surface area contributed by atoms with E-state index in [1.54, 1.807) is 24.3 Å². The van der Waals surface area contributed by atoms with Crippen LogP contribution in [0.1, 0.15) is 34.3 Å². The van der Waals surface area contributed by atoms with Crippen molar-refractivity contribution in [2.45, 2.75) is 32.4 Å². The first-order valence-corrected chi connectivity index (χ1v) is 11.5. The molecule has 3 N–H and O–H groups in total. The Kier molecular flexibility index (Phi) is 5.90. The molecule has 4 aromatic rings. The summed E-state index contributed by atoms with van der Waals surface area (Å²) < 4.78 is 7.90. The molecule has 0 saturated heterocycles. The zero-order valence-electron chi connectivity index (χ0n) is 18.7. The number of hydrogen-bond donors (Lipinski definition) is 2. The summed E-state index contributed by atoms with van der Waals surface area (Å²) >= 11 is 0. The van der Waals surface area contributed by atoms with Crippen molar-refractivity contribution in [2.24, 2.45) is 11.7 Å². The van der Waals surface area contributed by atoms with E-state index in [-0.39, 0.29) is 12.2 Å². The third-order valence-electron chi connectivity index (χ3n) is 6.27. The van der Waals surface area contributed by atoms with Gasteiger partial charge in [-0.05, 0) is 65.8 Å². The monoisotopic (exact) mass is 454 g/mol. The van der Waals surface area contributed by atoms with Crippen LogP contribution in [0.25, 0.3) is 22.0 Å². The standard InChI is InChI=1S/C28H26N2O4/c29-16-19-4-3-6-20(12-19)24-13-22(14-25-23(24)10-11-30(25)17-18-8-9-18)28(33)34-26-7-2-1-5-21(26)15-27(31)32/h1-7,10-14,18H,8-9,15-17,29H2,(H,31,32). The summed E-state index contributed by atoms with van der Waals surface area (Å²) in [5.74, 6) is -0.562. The molecule has 34 heavy (non-hydrogen) atoms. The van der Waals surface area contributed by atoms with Crippen LogP contribution in [0.2, 0.25) is 0 Å². The van der Waals surface area contributed by atoms with Gasteiger partial charge in [0.05, 0.1) is 12.0 Å². The van der Waals surface area contributed by atoms with Crippen molar-refractivity contribution in [3.8, 4) is 16.9 Å². The molecule has 172 valence electrons. The number of aromatic nitrogens is 1. The fourth-order valence-corrected chi connectivity index (χ4v) is 4.33. The number of benzene rings is 3. The van der Waals surface area contributed by atoms with Crippen LogP contribution >= 0.6 is 0 Å². The molecular formula is C28H26N2O4. The number of nitrogens with two attached hydrogens (primary N) is 1. The molecule has 3 aromatic carbocycles. The van der Waals surface area contributed by atoms with E-state index >= 15 is 0 Å². The topological polar surface area (TPSA) is 94.6 Å². The molecule has 0 aliphatic heterocycles. The van der Waals surface area contributed by atoms with Crippen LogP contribution in [0.3, 0.4) is 0 Å². The van der Waals surface area contributed by atoms with Crippen molar-refractivity contribution in [1.29, 1.82) is 0 Å². The van der Waals surface area contributed by atoms with E-state index in [9.17, 15) is 14.7 Å². The van der Waals surface area contributed by atoms with Crippen LogP contribution in [0.5, 0.6) is 5.75 Å². The maximum absolute atomic E-state index is 13.3. The molecule has 1 aliphatic carbocycles. The Bertz CT molecular complexity index is 1380. The normalized spacial score (nSPS) is 13.2. The fourth-order valence-electron chi connectivity index (χ4n) is 4.33. The fraction of sp³-hybridized carbons (Fsp3) is 0.214. The van der Waals surface area contributed by atoms with Gasteiger partial charge in [-0.25, -0.2) is 4.79 Å². The van der Waals surface area contributed by atoms with Crippen LogP contribution in [0.4, 0.5) is 0 Å². The van der Waals surface area contributed by atoms with Gasteiger partial charge in [-0.3, -0.25) is 4.79 Å². The second-order valence-corrected chi connectivity index (χ2v) is 8.84. The van der Waals surface area contributed by atoms with Gasteiger partial charge in [0.15, 0.2) is 0 Å². The van der Waals surface area contributed by atoms with Crippen LogP contribution in [-0.4, -0.2) is 21.6 Å². The quantitative estimate of drug-likeness (QED) is 0.288. The number of fused-ring (bicyclic) bond motifs is 1. The molecule has 6 heteroatoms. The third kappa shape index (κ3) is 4.58. The Balaban J connectivity index is 1.58. The summed E-state index contributed by atoms with van der Waals surface area (Å²) in [5.41, 5.74) is 10.7. The van der Waals surface area contributed by atoms with Gasteiger partial charge in [0.2, 0.25) is 0 Å². The van der Waals surface area contributed by atoms with E-state index in [0.29, 0.717) is 23.6 Å². The maximum Gasteiger partial charge on any atom is 0.343 e. The number of carboxylic acids is 1. The minimum atomic E-state index is -0.982. The number of para-hydroxylation sites is 1. The first-order valence-electron chi connectivity index (χ1n) is 11.5. The number of rotatable bonds is 8. The van der Waals surface area contributed by atoms with Gasteiger partial charge >= 0.3 is 11.9 Å². The van der Waals surface area contributed by atoms with Crippen molar-refractivity contribution < 1.29 is 19.4 Å². The second-order valence-electron chi connectivity index (χ2n) is 8.84. The van der Waals surface area contributed by atoms with Crippen LogP contribution in [0.15, 0.2) is 72.9 Å². The van der Waals surface area contributed by atoms with E-state index in [1.165, 1.54) is 12.8 Å². The van der Waals surface area contributed by atoms with Gasteiger partial charge in [-0.15, -0.1) is 0 Å². The molecule has 1 saturated carbocycles. The van der Waals surface area contributed by atoms with Gasteiger partial charge < -0.3 is 20.1 Å². The molecule has 6 nitrogen and oxygen atoms in total. The van der Waals surface area contributed by atoms with E-state index < -0.39 is 11.9 Å². The minimum absolute atomic E-state index is 0.218. The van der Waals surface area contributed by atoms with Crippen molar-refractivity contribution in [1.82, 2.24) is 4.57 Å². The zero-order chi connectivity index (χ0) is 23.7. The summed E-state index contributed by atoms with van der Waals surface area (Å²) in [5, 5.41) is 10.3. The van der Waals surface area contributed by atoms with Crippen LogP contribution in [0, 0.1) is 5.92 Å². The molecule has 5 rings (SSSR count). The Labute approximate surface area is 197 Å². The summed E-state index contributed by atoms with van der Waals surface area (Å²) in [7, 11) is 0. The van der Waals surface area contributed by atoms with Gasteiger partial charge in [0.25, 0.3) is 0 Å². The lowest BCUT2D eigenvalue weighted by Crippen LogP contribution is -2.12. The predicted molar refractivity (Wildman–Crippen MR) is 131 cm³/mol. The van der Waals surface area contributed by atoms with Gasteiger partial charge in [0, 0.05) is 35.8 Å².